The van der Waals surface area contributed by atoms with Gasteiger partial charge in [0.2, 0.25) is 5.28 Å². The molecule has 0 amide bonds. The Kier molecular flexibility index (Phi) is 4.34. The minimum absolute atomic E-state index is 0.182. The molecule has 1 aromatic carbocycles. The van der Waals surface area contributed by atoms with Crippen LogP contribution in [-0.2, 0) is 4.74 Å². The first kappa shape index (κ1) is 17.2. The van der Waals surface area contributed by atoms with Crippen molar-refractivity contribution >= 4 is 40.1 Å². The van der Waals surface area contributed by atoms with Crippen LogP contribution in [0.1, 0.15) is 26.5 Å². The predicted octanol–water partition coefficient (Wildman–Crippen LogP) is 4.31. The minimum atomic E-state index is -0.582. The standard InChI is InChI=1S/C17H18ClN5O2/c1-10-7-14(22-15(18)20-10)21-12-5-6-13-11(8-12)9-19-23(13)16(24)25-17(2,3)4/h5-9H,1-4H3,(H,20,21,22). The van der Waals surface area contributed by atoms with Gasteiger partial charge in [0.05, 0.1) is 11.7 Å². The van der Waals surface area contributed by atoms with Gasteiger partial charge >= 0.3 is 6.09 Å². The summed E-state index contributed by atoms with van der Waals surface area (Å²) in [4.78, 5) is 20.4. The number of benzene rings is 1. The highest BCUT2D eigenvalue weighted by Crippen LogP contribution is 2.23. The van der Waals surface area contributed by atoms with E-state index in [-0.39, 0.29) is 5.28 Å². The molecule has 0 aliphatic carbocycles. The van der Waals surface area contributed by atoms with Gasteiger partial charge < -0.3 is 10.1 Å². The lowest BCUT2D eigenvalue weighted by atomic mass is 10.2. The zero-order valence-corrected chi connectivity index (χ0v) is 15.1. The van der Waals surface area contributed by atoms with E-state index in [9.17, 15) is 4.79 Å². The summed E-state index contributed by atoms with van der Waals surface area (Å²) in [5, 5.41) is 8.27. The van der Waals surface area contributed by atoms with E-state index >= 15 is 0 Å². The lowest BCUT2D eigenvalue weighted by Crippen LogP contribution is -2.27. The number of anilines is 2. The van der Waals surface area contributed by atoms with E-state index < -0.39 is 11.7 Å². The van der Waals surface area contributed by atoms with Crippen LogP contribution in [0.5, 0.6) is 0 Å². The second-order valence-electron chi connectivity index (χ2n) is 6.60. The number of rotatable bonds is 2. The number of halogens is 1. The number of carbonyl (C=O) groups excluding carboxylic acids is 1. The van der Waals surface area contributed by atoms with Crippen molar-refractivity contribution in [3.63, 3.8) is 0 Å². The molecule has 0 spiro atoms. The molecule has 1 N–H and O–H groups in total. The van der Waals surface area contributed by atoms with Crippen molar-refractivity contribution in [3.8, 4) is 0 Å². The van der Waals surface area contributed by atoms with Crippen LogP contribution in [0.4, 0.5) is 16.3 Å². The van der Waals surface area contributed by atoms with Gasteiger partial charge in [-0.25, -0.2) is 14.8 Å². The van der Waals surface area contributed by atoms with Crippen LogP contribution >= 0.6 is 11.6 Å². The maximum absolute atomic E-state index is 12.2. The van der Waals surface area contributed by atoms with Crippen molar-refractivity contribution in [2.24, 2.45) is 0 Å². The van der Waals surface area contributed by atoms with E-state index in [2.05, 4.69) is 20.4 Å². The summed E-state index contributed by atoms with van der Waals surface area (Å²) in [6.07, 6.45) is 1.10. The second-order valence-corrected chi connectivity index (χ2v) is 6.94. The maximum atomic E-state index is 12.2. The van der Waals surface area contributed by atoms with Crippen LogP contribution < -0.4 is 5.32 Å². The van der Waals surface area contributed by atoms with Crippen molar-refractivity contribution in [2.45, 2.75) is 33.3 Å². The Morgan fingerprint density at radius 1 is 1.24 bits per heavy atom. The third-order valence-corrected chi connectivity index (χ3v) is 3.40. The van der Waals surface area contributed by atoms with Crippen molar-refractivity contribution in [2.75, 3.05) is 5.32 Å². The number of fused-ring (bicyclic) bond motifs is 1. The molecule has 7 nitrogen and oxygen atoms in total. The molecular formula is C17H18ClN5O2. The Morgan fingerprint density at radius 3 is 2.68 bits per heavy atom. The summed E-state index contributed by atoms with van der Waals surface area (Å²) in [6, 6.07) is 7.29. The molecule has 25 heavy (non-hydrogen) atoms. The molecule has 0 radical (unpaired) electrons. The van der Waals surface area contributed by atoms with Crippen LogP contribution in [0.2, 0.25) is 5.28 Å². The van der Waals surface area contributed by atoms with E-state index in [0.29, 0.717) is 11.3 Å². The molecule has 2 heterocycles. The molecule has 8 heteroatoms. The molecule has 0 bridgehead atoms. The van der Waals surface area contributed by atoms with Crippen molar-refractivity contribution in [1.29, 1.82) is 0 Å². The van der Waals surface area contributed by atoms with Gasteiger partial charge in [0, 0.05) is 22.8 Å². The van der Waals surface area contributed by atoms with Crippen LogP contribution in [0.25, 0.3) is 10.9 Å². The Hall–Kier alpha value is -2.67. The molecule has 0 fully saturated rings. The summed E-state index contributed by atoms with van der Waals surface area (Å²) < 4.78 is 6.60. The number of hydrogen-bond donors (Lipinski definition) is 1. The average Bonchev–Trinajstić information content (AvgIpc) is 2.87. The molecule has 3 aromatic rings. The number of nitrogens with one attached hydrogen (secondary N) is 1. The van der Waals surface area contributed by atoms with Crippen LogP contribution in [0.3, 0.4) is 0 Å². The van der Waals surface area contributed by atoms with Crippen LogP contribution in [-0.4, -0.2) is 31.4 Å². The molecule has 0 aliphatic heterocycles. The van der Waals surface area contributed by atoms with Gasteiger partial charge in [-0.1, -0.05) is 0 Å². The zero-order valence-electron chi connectivity index (χ0n) is 14.4. The lowest BCUT2D eigenvalue weighted by molar-refractivity contribution is 0.0523. The van der Waals surface area contributed by atoms with Crippen LogP contribution in [0.15, 0.2) is 30.5 Å². The first-order valence-electron chi connectivity index (χ1n) is 7.71. The smallest absolute Gasteiger partial charge is 0.435 e. The summed E-state index contributed by atoms with van der Waals surface area (Å²) in [5.74, 6) is 0.594. The summed E-state index contributed by atoms with van der Waals surface area (Å²) in [7, 11) is 0. The molecular weight excluding hydrogens is 342 g/mol. The quantitative estimate of drug-likeness (QED) is 0.686. The highest BCUT2D eigenvalue weighted by molar-refractivity contribution is 6.28. The summed E-state index contributed by atoms with van der Waals surface area (Å²) in [6.45, 7) is 7.28. The molecule has 0 saturated heterocycles. The summed E-state index contributed by atoms with van der Waals surface area (Å²) >= 11 is 5.88. The topological polar surface area (TPSA) is 81.9 Å². The molecule has 2 aromatic heterocycles. The molecule has 130 valence electrons. The fourth-order valence-electron chi connectivity index (χ4n) is 2.31. The van der Waals surface area contributed by atoms with Gasteiger partial charge in [-0.2, -0.15) is 9.78 Å². The van der Waals surface area contributed by atoms with Gasteiger partial charge in [-0.3, -0.25) is 0 Å². The highest BCUT2D eigenvalue weighted by atomic mass is 35.5. The Labute approximate surface area is 150 Å². The number of aryl methyl sites for hydroxylation is 1. The van der Waals surface area contributed by atoms with Crippen molar-refractivity contribution < 1.29 is 9.53 Å². The SMILES string of the molecule is Cc1cc(Nc2ccc3c(cnn3C(=O)OC(C)(C)C)c2)nc(Cl)n1. The third kappa shape index (κ3) is 4.06. The van der Waals surface area contributed by atoms with Crippen molar-refractivity contribution in [1.82, 2.24) is 19.7 Å². The van der Waals surface area contributed by atoms with Gasteiger partial charge in [0.1, 0.15) is 11.4 Å². The van der Waals surface area contributed by atoms with Crippen molar-refractivity contribution in [3.05, 3.63) is 41.4 Å². The molecule has 3 rings (SSSR count). The molecule has 0 unspecified atom stereocenters. The monoisotopic (exact) mass is 359 g/mol. The third-order valence-electron chi connectivity index (χ3n) is 3.23. The average molecular weight is 360 g/mol. The number of ether oxygens (including phenoxy) is 1. The number of hydrogen-bond acceptors (Lipinski definition) is 6. The summed E-state index contributed by atoms with van der Waals surface area (Å²) in [5.41, 5.74) is 1.64. The van der Waals surface area contributed by atoms with Crippen LogP contribution in [0, 0.1) is 6.92 Å². The highest BCUT2D eigenvalue weighted by Gasteiger charge is 2.20. The number of carbonyl (C=O) groups is 1. The largest absolute Gasteiger partial charge is 0.442 e. The fourth-order valence-corrected chi connectivity index (χ4v) is 2.53. The Bertz CT molecular complexity index is 926. The van der Waals surface area contributed by atoms with E-state index in [4.69, 9.17) is 16.3 Å². The van der Waals surface area contributed by atoms with E-state index in [1.54, 1.807) is 18.3 Å². The molecule has 0 atom stereocenters. The number of aromatic nitrogens is 4. The second kappa shape index (κ2) is 6.33. The zero-order chi connectivity index (χ0) is 18.2. The lowest BCUT2D eigenvalue weighted by Gasteiger charge is -2.19. The first-order chi connectivity index (χ1) is 11.7. The van der Waals surface area contributed by atoms with Gasteiger partial charge in [-0.05, 0) is 57.5 Å². The normalized spacial score (nSPS) is 11.6. The molecule has 0 saturated carbocycles. The first-order valence-corrected chi connectivity index (χ1v) is 8.08. The van der Waals surface area contributed by atoms with Gasteiger partial charge in [0.15, 0.2) is 0 Å². The van der Waals surface area contributed by atoms with E-state index in [0.717, 1.165) is 16.8 Å². The van der Waals surface area contributed by atoms with E-state index in [1.165, 1.54) is 4.68 Å². The maximum Gasteiger partial charge on any atom is 0.435 e. The van der Waals surface area contributed by atoms with Gasteiger partial charge in [-0.15, -0.1) is 0 Å². The molecule has 0 aliphatic rings. The van der Waals surface area contributed by atoms with E-state index in [1.807, 2.05) is 39.8 Å². The Morgan fingerprint density at radius 2 is 2.00 bits per heavy atom. The minimum Gasteiger partial charge on any atom is -0.442 e. The fraction of sp³-hybridized carbons (Fsp3) is 0.294. The van der Waals surface area contributed by atoms with Gasteiger partial charge in [0.25, 0.3) is 0 Å². The Balaban J connectivity index is 1.88. The predicted molar refractivity (Wildman–Crippen MR) is 96.4 cm³/mol. The number of nitrogens with zero attached hydrogens (tertiary/aromatic N) is 4.